The number of ketones is 1. The van der Waals surface area contributed by atoms with Gasteiger partial charge >= 0.3 is 0 Å². The fraction of sp³-hybridized carbons (Fsp3) is 0.400. The fourth-order valence-electron chi connectivity index (χ4n) is 3.75. The molecule has 1 aromatic heterocycles. The molecule has 0 saturated carbocycles. The van der Waals surface area contributed by atoms with Gasteiger partial charge in [-0.1, -0.05) is 39.0 Å². The van der Waals surface area contributed by atoms with Gasteiger partial charge in [-0.3, -0.25) is 14.6 Å². The summed E-state index contributed by atoms with van der Waals surface area (Å²) in [6.45, 7) is 9.12. The van der Waals surface area contributed by atoms with Gasteiger partial charge in [-0.15, -0.1) is 0 Å². The first-order chi connectivity index (χ1) is 14.5. The maximum absolute atomic E-state index is 13.1. The first-order valence-corrected chi connectivity index (χ1v) is 10.5. The summed E-state index contributed by atoms with van der Waals surface area (Å²) in [4.78, 5) is 33.9. The van der Waals surface area contributed by atoms with Crippen LogP contribution in [0.2, 0.25) is 0 Å². The number of hydrogen-bond donors (Lipinski definition) is 1. The second-order valence-electron chi connectivity index (χ2n) is 9.33. The highest BCUT2D eigenvalue weighted by Gasteiger charge is 2.46. The molecule has 1 atom stereocenters. The third-order valence-corrected chi connectivity index (χ3v) is 5.65. The number of likely N-dealkylation sites (tertiary alicyclic amines) is 1. The number of carbonyl (C=O) groups excluding carboxylic acids is 2. The average Bonchev–Trinajstić information content (AvgIpc) is 2.96. The molecule has 1 amide bonds. The molecule has 31 heavy (non-hydrogen) atoms. The second-order valence-corrected chi connectivity index (χ2v) is 9.33. The normalized spacial score (nSPS) is 18.8. The van der Waals surface area contributed by atoms with Crippen LogP contribution in [0.1, 0.15) is 49.2 Å². The van der Waals surface area contributed by atoms with Gasteiger partial charge in [-0.05, 0) is 55.8 Å². The lowest BCUT2D eigenvalue weighted by Gasteiger charge is -2.26. The molecule has 0 radical (unpaired) electrons. The number of Topliss-reactive ketones (excluding diaryl/α,β-unsaturated/α-hetero) is 1. The largest absolute Gasteiger partial charge is 0.507 e. The summed E-state index contributed by atoms with van der Waals surface area (Å²) in [5.41, 5.74) is 2.98. The van der Waals surface area contributed by atoms with Crippen LogP contribution in [0.15, 0.2) is 48.2 Å². The average molecular weight is 422 g/mol. The van der Waals surface area contributed by atoms with Gasteiger partial charge < -0.3 is 14.9 Å². The molecular weight excluding hydrogens is 390 g/mol. The molecule has 0 aliphatic carbocycles. The summed E-state index contributed by atoms with van der Waals surface area (Å²) in [6.07, 6.45) is 1.63. The van der Waals surface area contributed by atoms with Crippen molar-refractivity contribution in [2.45, 2.75) is 39.2 Å². The number of amides is 1. The molecule has 1 aromatic carbocycles. The highest BCUT2D eigenvalue weighted by molar-refractivity contribution is 6.46. The monoisotopic (exact) mass is 421 g/mol. The Morgan fingerprint density at radius 1 is 1.16 bits per heavy atom. The summed E-state index contributed by atoms with van der Waals surface area (Å²) >= 11 is 0. The first kappa shape index (κ1) is 22.7. The van der Waals surface area contributed by atoms with Crippen molar-refractivity contribution in [1.82, 2.24) is 14.8 Å². The Morgan fingerprint density at radius 2 is 1.87 bits per heavy atom. The van der Waals surface area contributed by atoms with Crippen LogP contribution >= 0.6 is 0 Å². The zero-order chi connectivity index (χ0) is 22.9. The molecule has 2 aromatic rings. The maximum Gasteiger partial charge on any atom is 0.295 e. The van der Waals surface area contributed by atoms with Crippen LogP contribution < -0.4 is 0 Å². The molecule has 1 aliphatic heterocycles. The van der Waals surface area contributed by atoms with E-state index in [1.807, 2.05) is 50.2 Å². The number of carbonyl (C=O) groups is 2. The van der Waals surface area contributed by atoms with Crippen LogP contribution in [-0.4, -0.2) is 58.8 Å². The number of aliphatic hydroxyl groups excluding tert-OH is 1. The lowest BCUT2D eigenvalue weighted by molar-refractivity contribution is -0.140. The summed E-state index contributed by atoms with van der Waals surface area (Å²) in [7, 11) is 3.82. The van der Waals surface area contributed by atoms with E-state index in [2.05, 4.69) is 25.8 Å². The zero-order valence-electron chi connectivity index (χ0n) is 19.1. The summed E-state index contributed by atoms with van der Waals surface area (Å²) in [5, 5.41) is 11.3. The molecule has 3 rings (SSSR count). The van der Waals surface area contributed by atoms with Gasteiger partial charge in [0.2, 0.25) is 0 Å². The van der Waals surface area contributed by atoms with Gasteiger partial charge in [-0.25, -0.2) is 0 Å². The summed E-state index contributed by atoms with van der Waals surface area (Å²) < 4.78 is 0. The Hall–Kier alpha value is -2.99. The summed E-state index contributed by atoms with van der Waals surface area (Å²) in [5.74, 6) is -1.43. The lowest BCUT2D eigenvalue weighted by Crippen LogP contribution is -2.35. The predicted octanol–water partition coefficient (Wildman–Crippen LogP) is 3.67. The van der Waals surface area contributed by atoms with Gasteiger partial charge in [-0.2, -0.15) is 0 Å². The number of nitrogens with zero attached hydrogens (tertiary/aromatic N) is 3. The van der Waals surface area contributed by atoms with E-state index < -0.39 is 17.7 Å². The number of pyridine rings is 1. The van der Waals surface area contributed by atoms with Crippen molar-refractivity contribution in [2.75, 3.05) is 27.2 Å². The minimum Gasteiger partial charge on any atom is -0.507 e. The predicted molar refractivity (Wildman–Crippen MR) is 122 cm³/mol. The number of likely N-dealkylation sites (N-methyl/N-ethyl adjacent to an activating group) is 1. The van der Waals surface area contributed by atoms with E-state index in [9.17, 15) is 14.7 Å². The summed E-state index contributed by atoms with van der Waals surface area (Å²) in [6, 6.07) is 10.5. The quantitative estimate of drug-likeness (QED) is 0.453. The van der Waals surface area contributed by atoms with E-state index in [1.54, 1.807) is 18.3 Å². The van der Waals surface area contributed by atoms with E-state index in [-0.39, 0.29) is 16.7 Å². The van der Waals surface area contributed by atoms with E-state index in [0.717, 1.165) is 11.1 Å². The Bertz CT molecular complexity index is 1020. The van der Waals surface area contributed by atoms with Crippen LogP contribution in [0, 0.1) is 6.92 Å². The van der Waals surface area contributed by atoms with Gasteiger partial charge in [0.15, 0.2) is 0 Å². The second kappa shape index (κ2) is 8.63. The fourth-order valence-corrected chi connectivity index (χ4v) is 3.75. The van der Waals surface area contributed by atoms with Crippen molar-refractivity contribution in [3.8, 4) is 0 Å². The number of aliphatic hydroxyl groups is 1. The van der Waals surface area contributed by atoms with Crippen LogP contribution in [0.25, 0.3) is 5.76 Å². The first-order valence-electron chi connectivity index (χ1n) is 10.5. The van der Waals surface area contributed by atoms with Crippen LogP contribution in [0.4, 0.5) is 0 Å². The van der Waals surface area contributed by atoms with E-state index >= 15 is 0 Å². The highest BCUT2D eigenvalue weighted by atomic mass is 16.3. The van der Waals surface area contributed by atoms with Crippen molar-refractivity contribution >= 4 is 17.4 Å². The smallest absolute Gasteiger partial charge is 0.295 e. The van der Waals surface area contributed by atoms with Crippen LogP contribution in [-0.2, 0) is 15.0 Å². The molecule has 6 heteroatoms. The zero-order valence-corrected chi connectivity index (χ0v) is 19.1. The molecule has 1 unspecified atom stereocenters. The van der Waals surface area contributed by atoms with Crippen molar-refractivity contribution in [1.29, 1.82) is 0 Å². The topological polar surface area (TPSA) is 73.7 Å². The number of benzene rings is 1. The molecule has 0 bridgehead atoms. The molecule has 2 heterocycles. The molecule has 1 N–H and O–H groups in total. The van der Waals surface area contributed by atoms with Crippen molar-refractivity contribution < 1.29 is 14.7 Å². The standard InChI is InChI=1S/C25H31N3O3/c1-16-10-11-17(25(2,3)4)15-18(16)22(29)20-21(19-9-7-8-12-26-19)28(14-13-27(5)6)24(31)23(20)30/h7-12,15,21,29H,13-14H2,1-6H3/b22-20+. The maximum atomic E-state index is 13.1. The van der Waals surface area contributed by atoms with Crippen molar-refractivity contribution in [3.63, 3.8) is 0 Å². The van der Waals surface area contributed by atoms with Gasteiger partial charge in [0.05, 0.1) is 11.3 Å². The van der Waals surface area contributed by atoms with Gasteiger partial charge in [0.1, 0.15) is 11.8 Å². The van der Waals surface area contributed by atoms with E-state index in [1.165, 1.54) is 4.90 Å². The minimum absolute atomic E-state index is 0.0941. The molecule has 1 saturated heterocycles. The van der Waals surface area contributed by atoms with Crippen molar-refractivity contribution in [2.24, 2.45) is 0 Å². The van der Waals surface area contributed by atoms with Gasteiger partial charge in [0.25, 0.3) is 11.7 Å². The third kappa shape index (κ3) is 4.54. The Labute approximate surface area is 184 Å². The van der Waals surface area contributed by atoms with E-state index in [4.69, 9.17) is 0 Å². The van der Waals surface area contributed by atoms with Crippen LogP contribution in [0.3, 0.4) is 0 Å². The highest BCUT2D eigenvalue weighted by Crippen LogP contribution is 2.39. The molecule has 0 spiro atoms. The Kier molecular flexibility index (Phi) is 6.32. The molecule has 1 fully saturated rings. The number of aryl methyl sites for hydroxylation is 1. The van der Waals surface area contributed by atoms with E-state index in [0.29, 0.717) is 24.3 Å². The molecular formula is C25H31N3O3. The molecule has 6 nitrogen and oxygen atoms in total. The Balaban J connectivity index is 2.20. The SMILES string of the molecule is Cc1ccc(C(C)(C)C)cc1/C(O)=C1\C(=O)C(=O)N(CCN(C)C)C1c1ccccn1. The minimum atomic E-state index is -0.723. The lowest BCUT2D eigenvalue weighted by atomic mass is 9.84. The molecule has 1 aliphatic rings. The molecule has 164 valence electrons. The number of hydrogen-bond acceptors (Lipinski definition) is 5. The van der Waals surface area contributed by atoms with Gasteiger partial charge in [0, 0.05) is 24.8 Å². The van der Waals surface area contributed by atoms with Crippen LogP contribution in [0.5, 0.6) is 0 Å². The number of aromatic nitrogens is 1. The Morgan fingerprint density at radius 3 is 2.45 bits per heavy atom. The van der Waals surface area contributed by atoms with Crippen molar-refractivity contribution in [3.05, 3.63) is 70.6 Å². The third-order valence-electron chi connectivity index (χ3n) is 5.65. The number of rotatable bonds is 5.